The number of hydrogen-bond acceptors (Lipinski definition) is 3. The van der Waals surface area contributed by atoms with Gasteiger partial charge >= 0.3 is 0 Å². The molecule has 0 spiro atoms. The minimum Gasteiger partial charge on any atom is -0.317 e. The Morgan fingerprint density at radius 1 is 1.00 bits per heavy atom. The molecule has 1 aromatic rings. The van der Waals surface area contributed by atoms with Crippen LogP contribution in [0.5, 0.6) is 0 Å². The van der Waals surface area contributed by atoms with Crippen molar-refractivity contribution in [2.24, 2.45) is 0 Å². The van der Waals surface area contributed by atoms with Gasteiger partial charge in [0.2, 0.25) is 0 Å². The Bertz CT molecular complexity index is 411. The van der Waals surface area contributed by atoms with Crippen LogP contribution in [0.15, 0.2) is 0 Å². The molecule has 3 heteroatoms. The SMILES string of the molecule is CCNCCCc1c(C)nc(C2CCCCCC2)nc1C. The Kier molecular flexibility index (Phi) is 6.62. The van der Waals surface area contributed by atoms with Crippen molar-refractivity contribution in [3.05, 3.63) is 22.8 Å². The third-order valence-corrected chi connectivity index (χ3v) is 4.69. The van der Waals surface area contributed by atoms with E-state index in [0.29, 0.717) is 5.92 Å². The van der Waals surface area contributed by atoms with Gasteiger partial charge in [-0.05, 0) is 58.2 Å². The molecule has 1 N–H and O–H groups in total. The zero-order valence-corrected chi connectivity index (χ0v) is 14.0. The smallest absolute Gasteiger partial charge is 0.131 e. The molecule has 1 fully saturated rings. The average molecular weight is 289 g/mol. The number of aromatic nitrogens is 2. The van der Waals surface area contributed by atoms with Crippen molar-refractivity contribution in [1.82, 2.24) is 15.3 Å². The second-order valence-corrected chi connectivity index (χ2v) is 6.38. The topological polar surface area (TPSA) is 37.8 Å². The maximum absolute atomic E-state index is 4.87. The molecule has 0 aliphatic heterocycles. The van der Waals surface area contributed by atoms with Gasteiger partial charge in [-0.1, -0.05) is 32.6 Å². The zero-order chi connectivity index (χ0) is 15.1. The number of aryl methyl sites for hydroxylation is 2. The Labute approximate surface area is 130 Å². The normalized spacial score (nSPS) is 16.9. The summed E-state index contributed by atoms with van der Waals surface area (Å²) in [7, 11) is 0. The summed E-state index contributed by atoms with van der Waals surface area (Å²) in [6.07, 6.45) is 10.3. The van der Waals surface area contributed by atoms with Crippen LogP contribution in [0.25, 0.3) is 0 Å². The van der Waals surface area contributed by atoms with Gasteiger partial charge in [-0.3, -0.25) is 0 Å². The number of nitrogens with zero attached hydrogens (tertiary/aromatic N) is 2. The first-order valence-corrected chi connectivity index (χ1v) is 8.77. The first-order chi connectivity index (χ1) is 10.2. The van der Waals surface area contributed by atoms with Gasteiger partial charge in [0.25, 0.3) is 0 Å². The lowest BCUT2D eigenvalue weighted by Crippen LogP contribution is -2.16. The number of nitrogens with one attached hydrogen (secondary N) is 1. The van der Waals surface area contributed by atoms with E-state index in [4.69, 9.17) is 9.97 Å². The lowest BCUT2D eigenvalue weighted by Gasteiger charge is -2.16. The Balaban J connectivity index is 2.05. The molecule has 3 nitrogen and oxygen atoms in total. The van der Waals surface area contributed by atoms with Gasteiger partial charge in [-0.15, -0.1) is 0 Å². The number of hydrogen-bond donors (Lipinski definition) is 1. The average Bonchev–Trinajstić information content (AvgIpc) is 2.74. The standard InChI is InChI=1S/C18H31N3/c1-4-19-13-9-12-17-14(2)20-18(21-15(17)3)16-10-7-5-6-8-11-16/h16,19H,4-13H2,1-3H3. The highest BCUT2D eigenvalue weighted by Gasteiger charge is 2.19. The van der Waals surface area contributed by atoms with E-state index in [1.54, 1.807) is 0 Å². The highest BCUT2D eigenvalue weighted by Crippen LogP contribution is 2.30. The molecule has 2 rings (SSSR count). The molecule has 0 bridgehead atoms. The van der Waals surface area contributed by atoms with Crippen LogP contribution in [0, 0.1) is 13.8 Å². The van der Waals surface area contributed by atoms with Crippen LogP contribution < -0.4 is 5.32 Å². The fraction of sp³-hybridized carbons (Fsp3) is 0.778. The molecule has 0 aromatic carbocycles. The van der Waals surface area contributed by atoms with Crippen LogP contribution in [-0.4, -0.2) is 23.1 Å². The Morgan fingerprint density at radius 3 is 2.19 bits per heavy atom. The molecule has 0 radical (unpaired) electrons. The fourth-order valence-corrected chi connectivity index (χ4v) is 3.41. The third kappa shape index (κ3) is 4.77. The summed E-state index contributed by atoms with van der Waals surface area (Å²) in [6, 6.07) is 0. The van der Waals surface area contributed by atoms with Gasteiger partial charge in [0.15, 0.2) is 0 Å². The van der Waals surface area contributed by atoms with Gasteiger partial charge in [0.1, 0.15) is 5.82 Å². The highest BCUT2D eigenvalue weighted by atomic mass is 14.9. The zero-order valence-electron chi connectivity index (χ0n) is 14.0. The van der Waals surface area contributed by atoms with Crippen LogP contribution in [0.4, 0.5) is 0 Å². The molecule has 1 aromatic heterocycles. The molecule has 1 heterocycles. The van der Waals surface area contributed by atoms with Crippen molar-refractivity contribution < 1.29 is 0 Å². The lowest BCUT2D eigenvalue weighted by molar-refractivity contribution is 0.554. The summed E-state index contributed by atoms with van der Waals surface area (Å²) < 4.78 is 0. The third-order valence-electron chi connectivity index (χ3n) is 4.69. The van der Waals surface area contributed by atoms with Crippen LogP contribution in [0.1, 0.15) is 80.6 Å². The van der Waals surface area contributed by atoms with E-state index in [1.165, 1.54) is 61.9 Å². The maximum atomic E-state index is 4.87. The molecule has 0 saturated heterocycles. The first kappa shape index (κ1) is 16.4. The Hall–Kier alpha value is -0.960. The quantitative estimate of drug-likeness (QED) is 0.633. The summed E-state index contributed by atoms with van der Waals surface area (Å²) in [5.74, 6) is 1.71. The lowest BCUT2D eigenvalue weighted by atomic mass is 9.98. The molecule has 0 amide bonds. The van der Waals surface area contributed by atoms with E-state index in [1.807, 2.05) is 0 Å². The van der Waals surface area contributed by atoms with Crippen molar-refractivity contribution in [3.63, 3.8) is 0 Å². The van der Waals surface area contributed by atoms with Gasteiger partial charge in [0, 0.05) is 17.3 Å². The van der Waals surface area contributed by atoms with Crippen LogP contribution >= 0.6 is 0 Å². The summed E-state index contributed by atoms with van der Waals surface area (Å²) in [5.41, 5.74) is 3.78. The largest absolute Gasteiger partial charge is 0.317 e. The molecule has 1 aliphatic rings. The van der Waals surface area contributed by atoms with Crippen LogP contribution in [0.2, 0.25) is 0 Å². The van der Waals surface area contributed by atoms with E-state index >= 15 is 0 Å². The second-order valence-electron chi connectivity index (χ2n) is 6.38. The highest BCUT2D eigenvalue weighted by molar-refractivity contribution is 5.25. The minimum absolute atomic E-state index is 0.598. The van der Waals surface area contributed by atoms with Gasteiger partial charge in [-0.25, -0.2) is 9.97 Å². The molecule has 118 valence electrons. The molecule has 0 unspecified atom stereocenters. The van der Waals surface area contributed by atoms with Gasteiger partial charge < -0.3 is 5.32 Å². The van der Waals surface area contributed by atoms with Crippen molar-refractivity contribution in [2.75, 3.05) is 13.1 Å². The summed E-state index contributed by atoms with van der Waals surface area (Å²) in [5, 5.41) is 3.39. The van der Waals surface area contributed by atoms with Gasteiger partial charge in [0.05, 0.1) is 0 Å². The molecule has 1 aliphatic carbocycles. The molecule has 1 saturated carbocycles. The van der Waals surface area contributed by atoms with Crippen LogP contribution in [-0.2, 0) is 6.42 Å². The van der Waals surface area contributed by atoms with E-state index in [0.717, 1.165) is 25.3 Å². The van der Waals surface area contributed by atoms with Crippen molar-refractivity contribution in [2.45, 2.75) is 78.1 Å². The summed E-state index contributed by atoms with van der Waals surface area (Å²) >= 11 is 0. The minimum atomic E-state index is 0.598. The predicted octanol–water partition coefficient (Wildman–Crippen LogP) is 4.07. The van der Waals surface area contributed by atoms with E-state index < -0.39 is 0 Å². The molecule has 0 atom stereocenters. The van der Waals surface area contributed by atoms with E-state index in [9.17, 15) is 0 Å². The molecule has 21 heavy (non-hydrogen) atoms. The van der Waals surface area contributed by atoms with E-state index in [2.05, 4.69) is 26.1 Å². The summed E-state index contributed by atoms with van der Waals surface area (Å²) in [6.45, 7) is 8.62. The first-order valence-electron chi connectivity index (χ1n) is 8.77. The summed E-state index contributed by atoms with van der Waals surface area (Å²) in [4.78, 5) is 9.73. The number of rotatable bonds is 6. The maximum Gasteiger partial charge on any atom is 0.131 e. The molecular weight excluding hydrogens is 258 g/mol. The van der Waals surface area contributed by atoms with Crippen molar-refractivity contribution in [3.8, 4) is 0 Å². The monoisotopic (exact) mass is 289 g/mol. The predicted molar refractivity (Wildman–Crippen MR) is 88.8 cm³/mol. The van der Waals surface area contributed by atoms with Crippen molar-refractivity contribution >= 4 is 0 Å². The Morgan fingerprint density at radius 2 is 1.62 bits per heavy atom. The molecular formula is C18H31N3. The van der Waals surface area contributed by atoms with Gasteiger partial charge in [-0.2, -0.15) is 0 Å². The van der Waals surface area contributed by atoms with E-state index in [-0.39, 0.29) is 0 Å². The van der Waals surface area contributed by atoms with Crippen molar-refractivity contribution in [1.29, 1.82) is 0 Å². The van der Waals surface area contributed by atoms with Crippen LogP contribution in [0.3, 0.4) is 0 Å². The fourth-order valence-electron chi connectivity index (χ4n) is 3.41. The second kappa shape index (κ2) is 8.47.